The normalized spacial score (nSPS) is 14.1. The highest BCUT2D eigenvalue weighted by Gasteiger charge is 2.21. The number of aliphatic carboxylic acids is 1. The first-order valence-electron chi connectivity index (χ1n) is 10.7. The molecule has 0 spiro atoms. The van der Waals surface area contributed by atoms with Crippen LogP contribution in [0, 0.1) is 0 Å². The SMILES string of the molecule is O=C(O)CC(c1ccccc1)c1c[nH]c2cc(OCCCCNC3=NCCN3)ccc12. The van der Waals surface area contributed by atoms with Crippen LogP contribution in [0.5, 0.6) is 5.75 Å². The summed E-state index contributed by atoms with van der Waals surface area (Å²) in [5, 5.41) is 16.9. The average Bonchev–Trinajstić information content (AvgIpc) is 3.44. The molecule has 0 saturated carbocycles. The van der Waals surface area contributed by atoms with E-state index in [0.29, 0.717) is 6.61 Å². The molecule has 162 valence electrons. The lowest BCUT2D eigenvalue weighted by Gasteiger charge is -2.15. The van der Waals surface area contributed by atoms with E-state index in [2.05, 4.69) is 20.6 Å². The number of fused-ring (bicyclic) bond motifs is 1. The van der Waals surface area contributed by atoms with Gasteiger partial charge in [0.2, 0.25) is 0 Å². The Kier molecular flexibility index (Phi) is 6.72. The maximum atomic E-state index is 11.5. The summed E-state index contributed by atoms with van der Waals surface area (Å²) >= 11 is 0. The number of carboxylic acids is 1. The molecule has 4 N–H and O–H groups in total. The number of nitrogens with one attached hydrogen (secondary N) is 3. The van der Waals surface area contributed by atoms with Gasteiger partial charge < -0.3 is 25.5 Å². The molecule has 1 atom stereocenters. The van der Waals surface area contributed by atoms with Crippen molar-refractivity contribution in [2.24, 2.45) is 4.99 Å². The number of benzene rings is 2. The second-order valence-corrected chi connectivity index (χ2v) is 7.65. The molecule has 3 aromatic rings. The molecule has 2 heterocycles. The van der Waals surface area contributed by atoms with E-state index in [1.807, 2.05) is 54.7 Å². The molecule has 0 amide bonds. The number of hydrogen-bond acceptors (Lipinski definition) is 5. The molecule has 0 saturated heterocycles. The predicted octanol–water partition coefficient (Wildman–Crippen LogP) is 3.48. The Morgan fingerprint density at radius 2 is 2.06 bits per heavy atom. The van der Waals surface area contributed by atoms with E-state index < -0.39 is 5.97 Å². The second kappa shape index (κ2) is 10.0. The van der Waals surface area contributed by atoms with Crippen LogP contribution in [0.4, 0.5) is 0 Å². The third kappa shape index (κ3) is 5.36. The van der Waals surface area contributed by atoms with Crippen molar-refractivity contribution in [3.05, 3.63) is 65.9 Å². The van der Waals surface area contributed by atoms with E-state index >= 15 is 0 Å². The number of unbranched alkanes of at least 4 members (excludes halogenated alkanes) is 1. The lowest BCUT2D eigenvalue weighted by molar-refractivity contribution is -0.137. The van der Waals surface area contributed by atoms with Crippen molar-refractivity contribution < 1.29 is 14.6 Å². The summed E-state index contributed by atoms with van der Waals surface area (Å²) < 4.78 is 5.92. The number of hydrogen-bond donors (Lipinski definition) is 4. The summed E-state index contributed by atoms with van der Waals surface area (Å²) in [5.41, 5.74) is 2.94. The predicted molar refractivity (Wildman–Crippen MR) is 122 cm³/mol. The third-order valence-corrected chi connectivity index (χ3v) is 5.45. The average molecular weight is 421 g/mol. The van der Waals surface area contributed by atoms with E-state index in [-0.39, 0.29) is 12.3 Å². The fourth-order valence-corrected chi connectivity index (χ4v) is 3.91. The summed E-state index contributed by atoms with van der Waals surface area (Å²) in [7, 11) is 0. The van der Waals surface area contributed by atoms with Gasteiger partial charge in [0, 0.05) is 42.2 Å². The lowest BCUT2D eigenvalue weighted by Crippen LogP contribution is -2.34. The molecule has 31 heavy (non-hydrogen) atoms. The number of nitrogens with zero attached hydrogens (tertiary/aromatic N) is 1. The van der Waals surface area contributed by atoms with E-state index in [9.17, 15) is 9.90 Å². The van der Waals surface area contributed by atoms with E-state index in [1.165, 1.54) is 0 Å². The summed E-state index contributed by atoms with van der Waals surface area (Å²) in [4.78, 5) is 19.1. The van der Waals surface area contributed by atoms with Gasteiger partial charge >= 0.3 is 5.97 Å². The summed E-state index contributed by atoms with van der Waals surface area (Å²) in [6.45, 7) is 3.28. The first kappa shape index (κ1) is 20.8. The van der Waals surface area contributed by atoms with E-state index in [1.54, 1.807) is 0 Å². The molecule has 2 aromatic carbocycles. The Morgan fingerprint density at radius 1 is 1.19 bits per heavy atom. The summed E-state index contributed by atoms with van der Waals surface area (Å²) in [6, 6.07) is 15.7. The molecule has 7 nitrogen and oxygen atoms in total. The minimum Gasteiger partial charge on any atom is -0.494 e. The maximum absolute atomic E-state index is 11.5. The number of rotatable bonds is 10. The van der Waals surface area contributed by atoms with Crippen molar-refractivity contribution in [2.75, 3.05) is 26.2 Å². The molecular weight excluding hydrogens is 392 g/mol. The van der Waals surface area contributed by atoms with E-state index in [0.717, 1.165) is 66.2 Å². The number of guanidine groups is 1. The Bertz CT molecular complexity index is 1050. The van der Waals surface area contributed by atoms with Crippen molar-refractivity contribution in [2.45, 2.75) is 25.2 Å². The van der Waals surface area contributed by atoms with Crippen LogP contribution in [0.1, 0.15) is 36.3 Å². The highest BCUT2D eigenvalue weighted by molar-refractivity contribution is 5.86. The number of H-pyrrole nitrogens is 1. The van der Waals surface area contributed by atoms with Gasteiger partial charge in [0.05, 0.1) is 19.6 Å². The molecule has 1 aliphatic rings. The molecule has 0 aliphatic carbocycles. The smallest absolute Gasteiger partial charge is 0.304 e. The molecular formula is C24H28N4O3. The van der Waals surface area contributed by atoms with Crippen LogP contribution in [0.15, 0.2) is 59.7 Å². The van der Waals surface area contributed by atoms with Crippen LogP contribution in [-0.4, -0.2) is 48.3 Å². The zero-order valence-corrected chi connectivity index (χ0v) is 17.4. The van der Waals surface area contributed by atoms with Gasteiger partial charge in [-0.05, 0) is 36.1 Å². The van der Waals surface area contributed by atoms with Crippen molar-refractivity contribution >= 4 is 22.8 Å². The Morgan fingerprint density at radius 3 is 2.84 bits per heavy atom. The molecule has 1 aliphatic heterocycles. The molecule has 7 heteroatoms. The number of aliphatic imine (C=N–C) groups is 1. The van der Waals surface area contributed by atoms with E-state index in [4.69, 9.17) is 4.74 Å². The van der Waals surface area contributed by atoms with Gasteiger partial charge in [-0.2, -0.15) is 0 Å². The van der Waals surface area contributed by atoms with Crippen LogP contribution in [0.3, 0.4) is 0 Å². The van der Waals surface area contributed by atoms with Gasteiger partial charge in [-0.3, -0.25) is 9.79 Å². The standard InChI is InChI=1S/C24H28N4O3/c29-23(30)15-20(17-6-2-1-3-7-17)21-16-28-22-14-18(8-9-19(21)22)31-13-5-4-10-25-24-26-11-12-27-24/h1-3,6-9,14,16,20,28H,4-5,10-13,15H2,(H,29,30)(H2,25,26,27). The lowest BCUT2D eigenvalue weighted by atomic mass is 9.88. The van der Waals surface area contributed by atoms with Gasteiger partial charge in [-0.25, -0.2) is 0 Å². The molecule has 0 fully saturated rings. The van der Waals surface area contributed by atoms with Crippen LogP contribution < -0.4 is 15.4 Å². The topological polar surface area (TPSA) is 98.7 Å². The number of ether oxygens (including phenoxy) is 1. The first-order chi connectivity index (χ1) is 15.2. The quantitative estimate of drug-likeness (QED) is 0.377. The van der Waals surface area contributed by atoms with Crippen molar-refractivity contribution in [3.8, 4) is 5.75 Å². The van der Waals surface area contributed by atoms with Crippen molar-refractivity contribution in [1.29, 1.82) is 0 Å². The Labute approximate surface area is 181 Å². The fourth-order valence-electron chi connectivity index (χ4n) is 3.91. The number of carbonyl (C=O) groups is 1. The number of aromatic amines is 1. The minimum atomic E-state index is -0.812. The highest BCUT2D eigenvalue weighted by atomic mass is 16.5. The molecule has 1 unspecified atom stereocenters. The van der Waals surface area contributed by atoms with Gasteiger partial charge in [0.1, 0.15) is 5.75 Å². The zero-order valence-electron chi connectivity index (χ0n) is 17.4. The molecule has 1 aromatic heterocycles. The number of aromatic nitrogens is 1. The Balaban J connectivity index is 1.37. The number of carboxylic acid groups (broad SMARTS) is 1. The molecule has 4 rings (SSSR count). The third-order valence-electron chi connectivity index (χ3n) is 5.45. The molecule has 0 bridgehead atoms. The fraction of sp³-hybridized carbons (Fsp3) is 0.333. The zero-order chi connectivity index (χ0) is 21.5. The first-order valence-corrected chi connectivity index (χ1v) is 10.7. The van der Waals surface area contributed by atoms with Gasteiger partial charge in [-0.15, -0.1) is 0 Å². The highest BCUT2D eigenvalue weighted by Crippen LogP contribution is 2.34. The van der Waals surface area contributed by atoms with Gasteiger partial charge in [-0.1, -0.05) is 30.3 Å². The van der Waals surface area contributed by atoms with Gasteiger partial charge in [0.15, 0.2) is 5.96 Å². The largest absolute Gasteiger partial charge is 0.494 e. The second-order valence-electron chi connectivity index (χ2n) is 7.65. The van der Waals surface area contributed by atoms with Crippen LogP contribution in [-0.2, 0) is 4.79 Å². The maximum Gasteiger partial charge on any atom is 0.304 e. The molecule has 0 radical (unpaired) electrons. The monoisotopic (exact) mass is 420 g/mol. The summed E-state index contributed by atoms with van der Waals surface area (Å²) in [5.74, 6) is 0.690. The van der Waals surface area contributed by atoms with Crippen molar-refractivity contribution in [1.82, 2.24) is 15.6 Å². The minimum absolute atomic E-state index is 0.0468. The summed E-state index contributed by atoms with van der Waals surface area (Å²) in [6.07, 6.45) is 3.91. The van der Waals surface area contributed by atoms with Crippen molar-refractivity contribution in [3.63, 3.8) is 0 Å². The van der Waals surface area contributed by atoms with Gasteiger partial charge in [0.25, 0.3) is 0 Å². The van der Waals surface area contributed by atoms with Crippen LogP contribution in [0.2, 0.25) is 0 Å². The van der Waals surface area contributed by atoms with Crippen LogP contribution in [0.25, 0.3) is 10.9 Å². The Hall–Kier alpha value is -3.48. The van der Waals surface area contributed by atoms with Crippen LogP contribution >= 0.6 is 0 Å².